The number of ketones is 1. The van der Waals surface area contributed by atoms with Crippen molar-refractivity contribution in [1.82, 2.24) is 19.7 Å². The highest BCUT2D eigenvalue weighted by molar-refractivity contribution is 6.32. The first kappa shape index (κ1) is 22.7. The summed E-state index contributed by atoms with van der Waals surface area (Å²) in [5, 5.41) is 8.98. The molecule has 1 fully saturated rings. The first-order chi connectivity index (χ1) is 17.0. The van der Waals surface area contributed by atoms with Crippen LogP contribution in [0.2, 0.25) is 10.2 Å². The zero-order valence-corrected chi connectivity index (χ0v) is 20.9. The number of H-pyrrole nitrogens is 1. The smallest absolute Gasteiger partial charge is 0.171 e. The second-order valence-electron chi connectivity index (χ2n) is 9.63. The number of fused-ring (bicyclic) bond motifs is 2. The second-order valence-corrected chi connectivity index (χ2v) is 10.4. The fourth-order valence-electron chi connectivity index (χ4n) is 5.47. The number of aromatic nitrogens is 3. The standard InChI is InChI=1S/C27H26Cl2N4O2/c1-32-8-2-3-20(32)13-33-14-23(21-6-4-16(11-24(21)33)22-12-30-31-27(22)29)26(34)18-9-17-10-19(28)5-7-25(17)35-15-18/h4-7,10-12,14,18,20H,2-3,8-9,13,15H2,1H3,(H,30,31). The van der Waals surface area contributed by atoms with Crippen LogP contribution >= 0.6 is 23.2 Å². The van der Waals surface area contributed by atoms with E-state index in [9.17, 15) is 4.79 Å². The van der Waals surface area contributed by atoms with Crippen LogP contribution in [0.5, 0.6) is 5.75 Å². The van der Waals surface area contributed by atoms with E-state index in [1.165, 1.54) is 6.42 Å². The Morgan fingerprint density at radius 3 is 2.89 bits per heavy atom. The molecule has 0 radical (unpaired) electrons. The maximum Gasteiger partial charge on any atom is 0.171 e. The van der Waals surface area contributed by atoms with Crippen LogP contribution in [-0.2, 0) is 13.0 Å². The third kappa shape index (κ3) is 4.14. The summed E-state index contributed by atoms with van der Waals surface area (Å²) in [5.74, 6) is 0.664. The fourth-order valence-corrected chi connectivity index (χ4v) is 5.87. The molecule has 6 nitrogen and oxygen atoms in total. The number of carbonyl (C=O) groups excluding carboxylic acids is 1. The van der Waals surface area contributed by atoms with Gasteiger partial charge in [0.15, 0.2) is 5.78 Å². The van der Waals surface area contributed by atoms with Crippen LogP contribution in [0.15, 0.2) is 48.8 Å². The van der Waals surface area contributed by atoms with Crippen molar-refractivity contribution in [1.29, 1.82) is 0 Å². The van der Waals surface area contributed by atoms with E-state index in [4.69, 9.17) is 27.9 Å². The predicted octanol–water partition coefficient (Wildman–Crippen LogP) is 5.87. The van der Waals surface area contributed by atoms with E-state index >= 15 is 0 Å². The number of nitrogens with one attached hydrogen (secondary N) is 1. The maximum absolute atomic E-state index is 13.8. The number of Topliss-reactive ketones (excluding diaryl/α,β-unsaturated/α-hetero) is 1. The molecule has 1 N–H and O–H groups in total. The van der Waals surface area contributed by atoms with Crippen molar-refractivity contribution >= 4 is 39.9 Å². The molecule has 2 aromatic carbocycles. The lowest BCUT2D eigenvalue weighted by molar-refractivity contribution is 0.0856. The summed E-state index contributed by atoms with van der Waals surface area (Å²) >= 11 is 12.5. The van der Waals surface area contributed by atoms with Crippen LogP contribution in [-0.4, -0.2) is 51.7 Å². The van der Waals surface area contributed by atoms with Crippen molar-refractivity contribution in [3.05, 3.63) is 70.1 Å². The van der Waals surface area contributed by atoms with Gasteiger partial charge in [-0.05, 0) is 68.2 Å². The summed E-state index contributed by atoms with van der Waals surface area (Å²) in [6.07, 6.45) is 6.74. The van der Waals surface area contributed by atoms with E-state index in [1.54, 1.807) is 6.20 Å². The molecular formula is C27H26Cl2N4O2. The summed E-state index contributed by atoms with van der Waals surface area (Å²) in [6, 6.07) is 12.2. The van der Waals surface area contributed by atoms with Gasteiger partial charge >= 0.3 is 0 Å². The van der Waals surface area contributed by atoms with E-state index in [2.05, 4.69) is 32.8 Å². The van der Waals surface area contributed by atoms with Crippen molar-refractivity contribution in [3.63, 3.8) is 0 Å². The molecule has 0 spiro atoms. The van der Waals surface area contributed by atoms with E-state index in [0.29, 0.717) is 29.2 Å². The lowest BCUT2D eigenvalue weighted by Gasteiger charge is -2.24. The SMILES string of the molecule is CN1CCCC1Cn1cc(C(=O)C2COc3ccc(Cl)cc3C2)c2ccc(-c3cn[nH]c3Cl)cc21. The molecule has 2 aliphatic heterocycles. The Labute approximate surface area is 213 Å². The lowest BCUT2D eigenvalue weighted by Crippen LogP contribution is -2.29. The van der Waals surface area contributed by atoms with Crippen LogP contribution < -0.4 is 4.74 Å². The Morgan fingerprint density at radius 2 is 2.11 bits per heavy atom. The van der Waals surface area contributed by atoms with Crippen LogP contribution in [0.3, 0.4) is 0 Å². The van der Waals surface area contributed by atoms with Gasteiger partial charge in [-0.2, -0.15) is 5.10 Å². The molecule has 4 heterocycles. The summed E-state index contributed by atoms with van der Waals surface area (Å²) < 4.78 is 8.17. The van der Waals surface area contributed by atoms with E-state index in [0.717, 1.165) is 58.4 Å². The summed E-state index contributed by atoms with van der Waals surface area (Å²) in [5.41, 5.74) is 4.57. The predicted molar refractivity (Wildman–Crippen MR) is 139 cm³/mol. The molecule has 180 valence electrons. The van der Waals surface area contributed by atoms with Gasteiger partial charge in [0.05, 0.1) is 18.7 Å². The molecule has 4 aromatic rings. The molecule has 2 aromatic heterocycles. The normalized spacial score (nSPS) is 20.2. The zero-order valence-electron chi connectivity index (χ0n) is 19.4. The highest BCUT2D eigenvalue weighted by atomic mass is 35.5. The number of nitrogens with zero attached hydrogens (tertiary/aromatic N) is 3. The monoisotopic (exact) mass is 508 g/mol. The van der Waals surface area contributed by atoms with E-state index in [1.807, 2.05) is 36.5 Å². The lowest BCUT2D eigenvalue weighted by atomic mass is 9.89. The molecule has 1 saturated heterocycles. The average Bonchev–Trinajstić information content (AvgIpc) is 3.57. The third-order valence-corrected chi connectivity index (χ3v) is 7.95. The molecule has 6 rings (SSSR count). The van der Waals surface area contributed by atoms with E-state index in [-0.39, 0.29) is 11.7 Å². The number of likely N-dealkylation sites (N-methyl/N-ethyl adjacent to an activating group) is 1. The number of halogens is 2. The number of rotatable bonds is 5. The van der Waals surface area contributed by atoms with Gasteiger partial charge in [-0.25, -0.2) is 0 Å². The molecule has 35 heavy (non-hydrogen) atoms. The highest BCUT2D eigenvalue weighted by Gasteiger charge is 2.30. The number of likely N-dealkylation sites (tertiary alicyclic amines) is 1. The van der Waals surface area contributed by atoms with Crippen molar-refractivity contribution in [2.24, 2.45) is 5.92 Å². The quantitative estimate of drug-likeness (QED) is 0.342. The molecule has 0 bridgehead atoms. The molecule has 2 atom stereocenters. The maximum atomic E-state index is 13.8. The third-order valence-electron chi connectivity index (χ3n) is 7.43. The van der Waals surface area contributed by atoms with E-state index < -0.39 is 0 Å². The van der Waals surface area contributed by atoms with Crippen LogP contribution in [0.1, 0.15) is 28.8 Å². The van der Waals surface area contributed by atoms with Gasteiger partial charge in [0, 0.05) is 45.8 Å². The molecule has 8 heteroatoms. The van der Waals surface area contributed by atoms with Gasteiger partial charge in [-0.3, -0.25) is 9.89 Å². The molecule has 0 amide bonds. The molecular weight excluding hydrogens is 483 g/mol. The van der Waals surface area contributed by atoms with Crippen molar-refractivity contribution in [2.75, 3.05) is 20.2 Å². The Bertz CT molecular complexity index is 1430. The Morgan fingerprint density at radius 1 is 1.23 bits per heavy atom. The summed E-state index contributed by atoms with van der Waals surface area (Å²) in [6.45, 7) is 2.31. The molecule has 0 saturated carbocycles. The van der Waals surface area contributed by atoms with Gasteiger partial charge in [0.25, 0.3) is 0 Å². The fraction of sp³-hybridized carbons (Fsp3) is 0.333. The molecule has 2 unspecified atom stereocenters. The van der Waals surface area contributed by atoms with Gasteiger partial charge in [0.1, 0.15) is 10.9 Å². The van der Waals surface area contributed by atoms with Crippen LogP contribution in [0, 0.1) is 5.92 Å². The average molecular weight is 509 g/mol. The Balaban J connectivity index is 1.39. The molecule has 0 aliphatic carbocycles. The zero-order chi connectivity index (χ0) is 24.1. The topological polar surface area (TPSA) is 63.1 Å². The van der Waals surface area contributed by atoms with Gasteiger partial charge in [-0.15, -0.1) is 0 Å². The molecule has 2 aliphatic rings. The van der Waals surface area contributed by atoms with Gasteiger partial charge in [0.2, 0.25) is 0 Å². The first-order valence-electron chi connectivity index (χ1n) is 12.0. The Kier molecular flexibility index (Phi) is 5.83. The number of benzene rings is 2. The highest BCUT2D eigenvalue weighted by Crippen LogP contribution is 2.35. The summed E-state index contributed by atoms with van der Waals surface area (Å²) in [7, 11) is 2.17. The summed E-state index contributed by atoms with van der Waals surface area (Å²) in [4.78, 5) is 16.2. The number of hydrogen-bond acceptors (Lipinski definition) is 4. The van der Waals surface area contributed by atoms with Crippen molar-refractivity contribution in [3.8, 4) is 16.9 Å². The minimum Gasteiger partial charge on any atom is -0.493 e. The van der Waals surface area contributed by atoms with Crippen LogP contribution in [0.4, 0.5) is 0 Å². The van der Waals surface area contributed by atoms with Crippen molar-refractivity contribution < 1.29 is 9.53 Å². The number of ether oxygens (including phenoxy) is 1. The van der Waals surface area contributed by atoms with Gasteiger partial charge < -0.3 is 14.2 Å². The minimum absolute atomic E-state index is 0.105. The van der Waals surface area contributed by atoms with Crippen molar-refractivity contribution in [2.45, 2.75) is 31.8 Å². The van der Waals surface area contributed by atoms with Gasteiger partial charge in [-0.1, -0.05) is 35.3 Å². The largest absolute Gasteiger partial charge is 0.493 e. The second kappa shape index (κ2) is 9.01. The number of hydrogen-bond donors (Lipinski definition) is 1. The first-order valence-corrected chi connectivity index (χ1v) is 12.7. The Hall–Kier alpha value is -2.80. The number of carbonyl (C=O) groups is 1. The number of aromatic amines is 1. The van der Waals surface area contributed by atoms with Crippen LogP contribution in [0.25, 0.3) is 22.0 Å². The minimum atomic E-state index is -0.253.